The van der Waals surface area contributed by atoms with Gasteiger partial charge in [0.05, 0.1) is 11.1 Å². The first-order chi connectivity index (χ1) is 9.70. The first kappa shape index (κ1) is 12.4. The fourth-order valence-corrected chi connectivity index (χ4v) is 2.39. The Bertz CT molecular complexity index is 790. The molecule has 2 N–H and O–H groups in total. The third-order valence-electron chi connectivity index (χ3n) is 3.40. The minimum absolute atomic E-state index is 0.221. The number of carboxylic acid groups (broad SMARTS) is 1. The van der Waals surface area contributed by atoms with Crippen molar-refractivity contribution in [1.82, 2.24) is 9.97 Å². The van der Waals surface area contributed by atoms with E-state index in [-0.39, 0.29) is 5.56 Å². The van der Waals surface area contributed by atoms with Crippen molar-refractivity contribution in [3.63, 3.8) is 0 Å². The number of benzene rings is 2. The van der Waals surface area contributed by atoms with Crippen molar-refractivity contribution in [3.8, 4) is 11.4 Å². The van der Waals surface area contributed by atoms with E-state index < -0.39 is 5.97 Å². The molecule has 0 atom stereocenters. The zero-order chi connectivity index (χ0) is 14.1. The van der Waals surface area contributed by atoms with Crippen molar-refractivity contribution >= 4 is 17.0 Å². The van der Waals surface area contributed by atoms with Gasteiger partial charge in [0.2, 0.25) is 0 Å². The summed E-state index contributed by atoms with van der Waals surface area (Å²) in [6.45, 7) is 2.09. The molecule has 3 aromatic rings. The summed E-state index contributed by atoms with van der Waals surface area (Å²) < 4.78 is 0. The monoisotopic (exact) mass is 266 g/mol. The zero-order valence-corrected chi connectivity index (χ0v) is 11.1. The average molecular weight is 266 g/mol. The van der Waals surface area contributed by atoms with E-state index in [1.165, 1.54) is 5.56 Å². The Labute approximate surface area is 116 Å². The fraction of sp³-hybridized carbons (Fsp3) is 0.125. The number of nitrogens with one attached hydrogen (secondary N) is 1. The largest absolute Gasteiger partial charge is 0.478 e. The van der Waals surface area contributed by atoms with Gasteiger partial charge in [-0.15, -0.1) is 0 Å². The molecule has 0 unspecified atom stereocenters. The summed E-state index contributed by atoms with van der Waals surface area (Å²) in [5, 5.41) is 9.21. The van der Waals surface area contributed by atoms with Crippen LogP contribution in [0, 0.1) is 0 Å². The molecule has 0 radical (unpaired) electrons. The van der Waals surface area contributed by atoms with E-state index in [2.05, 4.69) is 23.0 Å². The Kier molecular flexibility index (Phi) is 2.99. The van der Waals surface area contributed by atoms with E-state index in [0.717, 1.165) is 17.5 Å². The summed E-state index contributed by atoms with van der Waals surface area (Å²) in [5.74, 6) is -0.247. The van der Waals surface area contributed by atoms with Crippen LogP contribution in [0.5, 0.6) is 0 Å². The van der Waals surface area contributed by atoms with Crippen LogP contribution in [-0.2, 0) is 6.42 Å². The van der Waals surface area contributed by atoms with Crippen molar-refractivity contribution < 1.29 is 9.90 Å². The zero-order valence-electron chi connectivity index (χ0n) is 11.1. The van der Waals surface area contributed by atoms with Crippen LogP contribution in [-0.4, -0.2) is 21.0 Å². The van der Waals surface area contributed by atoms with Crippen LogP contribution in [0.3, 0.4) is 0 Å². The lowest BCUT2D eigenvalue weighted by Gasteiger charge is -2.03. The number of hydrogen-bond donors (Lipinski definition) is 2. The lowest BCUT2D eigenvalue weighted by molar-refractivity contribution is 0.0699. The van der Waals surface area contributed by atoms with Gasteiger partial charge in [0.25, 0.3) is 0 Å². The van der Waals surface area contributed by atoms with E-state index >= 15 is 0 Å². The topological polar surface area (TPSA) is 66.0 Å². The number of hydrogen-bond acceptors (Lipinski definition) is 2. The number of rotatable bonds is 3. The molecule has 1 heterocycles. The Morgan fingerprint density at radius 1 is 1.20 bits per heavy atom. The van der Waals surface area contributed by atoms with Crippen LogP contribution < -0.4 is 0 Å². The normalized spacial score (nSPS) is 10.8. The van der Waals surface area contributed by atoms with Gasteiger partial charge in [0.15, 0.2) is 0 Å². The Hall–Kier alpha value is -2.62. The molecule has 4 nitrogen and oxygen atoms in total. The van der Waals surface area contributed by atoms with Crippen LogP contribution in [0.2, 0.25) is 0 Å². The van der Waals surface area contributed by atoms with Crippen molar-refractivity contribution in [2.24, 2.45) is 0 Å². The smallest absolute Gasteiger partial charge is 0.337 e. The summed E-state index contributed by atoms with van der Waals surface area (Å²) in [5.41, 5.74) is 3.66. The molecule has 0 bridgehead atoms. The molecule has 0 saturated heterocycles. The number of H-pyrrole nitrogens is 1. The first-order valence-electron chi connectivity index (χ1n) is 6.51. The summed E-state index contributed by atoms with van der Waals surface area (Å²) in [6, 6.07) is 13.1. The van der Waals surface area contributed by atoms with E-state index in [1.807, 2.05) is 24.3 Å². The number of aryl methyl sites for hydroxylation is 1. The molecule has 20 heavy (non-hydrogen) atoms. The Morgan fingerprint density at radius 3 is 2.75 bits per heavy atom. The number of aromatic carboxylic acids is 1. The molecule has 100 valence electrons. The second kappa shape index (κ2) is 4.81. The van der Waals surface area contributed by atoms with E-state index in [0.29, 0.717) is 11.3 Å². The molecule has 0 amide bonds. The highest BCUT2D eigenvalue weighted by Gasteiger charge is 2.14. The SMILES string of the molecule is CCc1ccccc1-c1nc2c(C(=O)O)cccc2[nH]1. The van der Waals surface area contributed by atoms with E-state index in [4.69, 9.17) is 0 Å². The minimum Gasteiger partial charge on any atom is -0.478 e. The fourth-order valence-electron chi connectivity index (χ4n) is 2.39. The van der Waals surface area contributed by atoms with Gasteiger partial charge in [0, 0.05) is 5.56 Å². The molecular weight excluding hydrogens is 252 g/mol. The lowest BCUT2D eigenvalue weighted by atomic mass is 10.1. The standard InChI is InChI=1S/C16H14N2O2/c1-2-10-6-3-4-7-11(10)15-17-13-9-5-8-12(16(19)20)14(13)18-15/h3-9H,2H2,1H3,(H,17,18)(H,19,20). The number of fused-ring (bicyclic) bond motifs is 1. The number of aromatic amines is 1. The third-order valence-corrected chi connectivity index (χ3v) is 3.40. The molecule has 2 aromatic carbocycles. The number of para-hydroxylation sites is 1. The predicted octanol–water partition coefficient (Wildman–Crippen LogP) is 3.49. The summed E-state index contributed by atoms with van der Waals surface area (Å²) in [4.78, 5) is 18.9. The number of aromatic nitrogens is 2. The highest BCUT2D eigenvalue weighted by atomic mass is 16.4. The maximum absolute atomic E-state index is 11.2. The molecule has 0 aliphatic heterocycles. The van der Waals surface area contributed by atoms with Gasteiger partial charge < -0.3 is 10.1 Å². The van der Waals surface area contributed by atoms with Crippen LogP contribution in [0.1, 0.15) is 22.8 Å². The van der Waals surface area contributed by atoms with Crippen molar-refractivity contribution in [1.29, 1.82) is 0 Å². The molecule has 3 rings (SSSR count). The number of carboxylic acids is 1. The van der Waals surface area contributed by atoms with Crippen molar-refractivity contribution in [3.05, 3.63) is 53.6 Å². The molecular formula is C16H14N2O2. The second-order valence-corrected chi connectivity index (χ2v) is 4.60. The highest BCUT2D eigenvalue weighted by molar-refractivity contribution is 6.01. The lowest BCUT2D eigenvalue weighted by Crippen LogP contribution is -1.96. The maximum atomic E-state index is 11.2. The Balaban J connectivity index is 2.23. The van der Waals surface area contributed by atoms with Crippen LogP contribution in [0.15, 0.2) is 42.5 Å². The van der Waals surface area contributed by atoms with Crippen molar-refractivity contribution in [2.45, 2.75) is 13.3 Å². The number of carbonyl (C=O) groups is 1. The van der Waals surface area contributed by atoms with Crippen LogP contribution in [0.4, 0.5) is 0 Å². The second-order valence-electron chi connectivity index (χ2n) is 4.60. The van der Waals surface area contributed by atoms with Gasteiger partial charge in [0.1, 0.15) is 11.3 Å². The van der Waals surface area contributed by atoms with E-state index in [1.54, 1.807) is 12.1 Å². The molecule has 4 heteroatoms. The van der Waals surface area contributed by atoms with Gasteiger partial charge >= 0.3 is 5.97 Å². The van der Waals surface area contributed by atoms with Gasteiger partial charge in [-0.2, -0.15) is 0 Å². The average Bonchev–Trinajstić information content (AvgIpc) is 2.90. The number of nitrogens with zero attached hydrogens (tertiary/aromatic N) is 1. The minimum atomic E-state index is -0.961. The van der Waals surface area contributed by atoms with E-state index in [9.17, 15) is 9.90 Å². The van der Waals surface area contributed by atoms with Crippen LogP contribution in [0.25, 0.3) is 22.4 Å². The Morgan fingerprint density at radius 2 is 2.00 bits per heavy atom. The van der Waals surface area contributed by atoms with Gasteiger partial charge in [-0.1, -0.05) is 37.3 Å². The molecule has 0 fully saturated rings. The summed E-state index contributed by atoms with van der Waals surface area (Å²) in [7, 11) is 0. The van der Waals surface area contributed by atoms with Gasteiger partial charge in [-0.05, 0) is 24.1 Å². The van der Waals surface area contributed by atoms with Gasteiger partial charge in [-0.25, -0.2) is 9.78 Å². The van der Waals surface area contributed by atoms with Gasteiger partial charge in [-0.3, -0.25) is 0 Å². The highest BCUT2D eigenvalue weighted by Crippen LogP contribution is 2.25. The quantitative estimate of drug-likeness (QED) is 0.762. The third kappa shape index (κ3) is 1.95. The van der Waals surface area contributed by atoms with Crippen molar-refractivity contribution in [2.75, 3.05) is 0 Å². The maximum Gasteiger partial charge on any atom is 0.337 e. The number of imidazole rings is 1. The summed E-state index contributed by atoms with van der Waals surface area (Å²) >= 11 is 0. The predicted molar refractivity (Wildman–Crippen MR) is 77.9 cm³/mol. The first-order valence-corrected chi connectivity index (χ1v) is 6.51. The molecule has 0 saturated carbocycles. The molecule has 1 aromatic heterocycles. The molecule has 0 spiro atoms. The van der Waals surface area contributed by atoms with Crippen LogP contribution >= 0.6 is 0 Å². The summed E-state index contributed by atoms with van der Waals surface area (Å²) in [6.07, 6.45) is 0.902. The molecule has 0 aliphatic carbocycles. The molecule has 0 aliphatic rings.